The van der Waals surface area contributed by atoms with Crippen molar-refractivity contribution in [2.45, 2.75) is 49.6 Å². The third-order valence-electron chi connectivity index (χ3n) is 3.63. The number of hydrogen-bond acceptors (Lipinski definition) is 3. The molecule has 0 spiro atoms. The molecule has 0 saturated heterocycles. The highest BCUT2D eigenvalue weighted by atomic mass is 32.2. The van der Waals surface area contributed by atoms with Gasteiger partial charge in [0.2, 0.25) is 0 Å². The van der Waals surface area contributed by atoms with Crippen molar-refractivity contribution in [3.05, 3.63) is 41.7 Å². The number of fused-ring (bicyclic) bond motifs is 1. The molecule has 1 aromatic carbocycles. The highest BCUT2D eigenvalue weighted by Gasteiger charge is 2.17. The molecule has 0 amide bonds. The van der Waals surface area contributed by atoms with E-state index in [4.69, 9.17) is 0 Å². The second kappa shape index (κ2) is 5.78. The molecule has 0 unspecified atom stereocenters. The summed E-state index contributed by atoms with van der Waals surface area (Å²) in [4.78, 5) is 0. The summed E-state index contributed by atoms with van der Waals surface area (Å²) in [5, 5.41) is 10.2. The molecule has 19 heavy (non-hydrogen) atoms. The van der Waals surface area contributed by atoms with Gasteiger partial charge in [-0.25, -0.2) is 0 Å². The fourth-order valence-corrected chi connectivity index (χ4v) is 3.52. The SMILES string of the molecule is C[C@@H](Sc1nnc2n1CCCCC2)c1ccccc1. The Kier molecular flexibility index (Phi) is 3.87. The van der Waals surface area contributed by atoms with Crippen LogP contribution in [0.5, 0.6) is 0 Å². The molecule has 0 radical (unpaired) electrons. The summed E-state index contributed by atoms with van der Waals surface area (Å²) in [6.07, 6.45) is 4.88. The van der Waals surface area contributed by atoms with Crippen molar-refractivity contribution in [1.82, 2.24) is 14.8 Å². The van der Waals surface area contributed by atoms with E-state index >= 15 is 0 Å². The first-order chi connectivity index (χ1) is 9.34. The van der Waals surface area contributed by atoms with Crippen molar-refractivity contribution >= 4 is 11.8 Å². The Morgan fingerprint density at radius 2 is 1.95 bits per heavy atom. The maximum atomic E-state index is 4.38. The summed E-state index contributed by atoms with van der Waals surface area (Å²) in [7, 11) is 0. The molecule has 0 aliphatic carbocycles. The standard InChI is InChI=1S/C15H19N3S/c1-12(13-8-4-2-5-9-13)19-15-17-16-14-10-6-3-7-11-18(14)15/h2,4-5,8-9,12H,3,6-7,10-11H2,1H3/t12-/m1/s1. The molecule has 0 saturated carbocycles. The van der Waals surface area contributed by atoms with Gasteiger partial charge in [-0.15, -0.1) is 10.2 Å². The number of aryl methyl sites for hydroxylation is 1. The summed E-state index contributed by atoms with van der Waals surface area (Å²) in [6.45, 7) is 3.31. The van der Waals surface area contributed by atoms with Gasteiger partial charge in [0.15, 0.2) is 5.16 Å². The van der Waals surface area contributed by atoms with Gasteiger partial charge in [0.1, 0.15) is 5.82 Å². The van der Waals surface area contributed by atoms with E-state index in [-0.39, 0.29) is 0 Å². The van der Waals surface area contributed by atoms with Crippen molar-refractivity contribution in [2.24, 2.45) is 0 Å². The van der Waals surface area contributed by atoms with Crippen LogP contribution in [0.4, 0.5) is 0 Å². The molecule has 1 aromatic heterocycles. The fraction of sp³-hybridized carbons (Fsp3) is 0.467. The van der Waals surface area contributed by atoms with E-state index in [1.165, 1.54) is 30.7 Å². The van der Waals surface area contributed by atoms with Crippen LogP contribution in [0.1, 0.15) is 42.8 Å². The van der Waals surface area contributed by atoms with Crippen LogP contribution < -0.4 is 0 Å². The quantitative estimate of drug-likeness (QED) is 0.796. The lowest BCUT2D eigenvalue weighted by molar-refractivity contribution is 0.590. The van der Waals surface area contributed by atoms with Gasteiger partial charge in [-0.1, -0.05) is 48.5 Å². The minimum atomic E-state index is 0.415. The third-order valence-corrected chi connectivity index (χ3v) is 4.77. The number of hydrogen-bond donors (Lipinski definition) is 0. The van der Waals surface area contributed by atoms with Crippen molar-refractivity contribution in [3.63, 3.8) is 0 Å². The van der Waals surface area contributed by atoms with Gasteiger partial charge in [0, 0.05) is 18.2 Å². The number of benzene rings is 1. The maximum absolute atomic E-state index is 4.38. The Morgan fingerprint density at radius 1 is 1.11 bits per heavy atom. The zero-order chi connectivity index (χ0) is 13.1. The molecule has 1 aliphatic rings. The van der Waals surface area contributed by atoms with Crippen molar-refractivity contribution in [2.75, 3.05) is 0 Å². The van der Waals surface area contributed by atoms with E-state index < -0.39 is 0 Å². The van der Waals surface area contributed by atoms with E-state index in [1.54, 1.807) is 0 Å². The molecule has 0 fully saturated rings. The Morgan fingerprint density at radius 3 is 2.79 bits per heavy atom. The first-order valence-electron chi connectivity index (χ1n) is 6.98. The van der Waals surface area contributed by atoms with Crippen LogP contribution in [0.3, 0.4) is 0 Å². The van der Waals surface area contributed by atoms with Crippen LogP contribution in [0.25, 0.3) is 0 Å². The Hall–Kier alpha value is -1.29. The Bertz CT molecular complexity index is 536. The maximum Gasteiger partial charge on any atom is 0.191 e. The molecule has 0 N–H and O–H groups in total. The molecule has 100 valence electrons. The minimum absolute atomic E-state index is 0.415. The Labute approximate surface area is 118 Å². The molecule has 3 rings (SSSR count). The summed E-state index contributed by atoms with van der Waals surface area (Å²) in [6, 6.07) is 10.6. The molecule has 4 heteroatoms. The van der Waals surface area contributed by atoms with E-state index in [2.05, 4.69) is 52.0 Å². The van der Waals surface area contributed by atoms with Crippen LogP contribution in [-0.2, 0) is 13.0 Å². The predicted octanol–water partition coefficient (Wildman–Crippen LogP) is 3.86. The molecule has 1 aliphatic heterocycles. The van der Waals surface area contributed by atoms with Crippen LogP contribution in [0.15, 0.2) is 35.5 Å². The zero-order valence-corrected chi connectivity index (χ0v) is 12.1. The average Bonchev–Trinajstić information content (AvgIpc) is 2.68. The molecule has 1 atom stereocenters. The predicted molar refractivity (Wildman–Crippen MR) is 78.3 cm³/mol. The van der Waals surface area contributed by atoms with E-state index in [0.29, 0.717) is 5.25 Å². The molecular weight excluding hydrogens is 254 g/mol. The number of rotatable bonds is 3. The van der Waals surface area contributed by atoms with E-state index in [1.807, 2.05) is 11.8 Å². The lowest BCUT2D eigenvalue weighted by atomic mass is 10.2. The molecule has 3 nitrogen and oxygen atoms in total. The van der Waals surface area contributed by atoms with Crippen molar-refractivity contribution in [1.29, 1.82) is 0 Å². The topological polar surface area (TPSA) is 30.7 Å². The van der Waals surface area contributed by atoms with Crippen LogP contribution in [-0.4, -0.2) is 14.8 Å². The molecule has 2 aromatic rings. The Balaban J connectivity index is 1.78. The van der Waals surface area contributed by atoms with Crippen LogP contribution in [0, 0.1) is 0 Å². The highest BCUT2D eigenvalue weighted by molar-refractivity contribution is 7.99. The van der Waals surface area contributed by atoms with Gasteiger partial charge in [-0.2, -0.15) is 0 Å². The molecule has 2 heterocycles. The van der Waals surface area contributed by atoms with E-state index in [9.17, 15) is 0 Å². The molecular formula is C15H19N3S. The lowest BCUT2D eigenvalue weighted by Gasteiger charge is -2.12. The fourth-order valence-electron chi connectivity index (χ4n) is 2.50. The molecule has 0 bridgehead atoms. The van der Waals surface area contributed by atoms with Crippen LogP contribution in [0.2, 0.25) is 0 Å². The summed E-state index contributed by atoms with van der Waals surface area (Å²) < 4.78 is 2.32. The first kappa shape index (κ1) is 12.7. The number of nitrogens with zero attached hydrogens (tertiary/aromatic N) is 3. The normalized spacial score (nSPS) is 16.7. The minimum Gasteiger partial charge on any atom is -0.306 e. The number of aromatic nitrogens is 3. The average molecular weight is 273 g/mol. The van der Waals surface area contributed by atoms with Gasteiger partial charge in [-0.05, 0) is 25.3 Å². The van der Waals surface area contributed by atoms with Gasteiger partial charge in [0.25, 0.3) is 0 Å². The zero-order valence-electron chi connectivity index (χ0n) is 11.2. The van der Waals surface area contributed by atoms with E-state index in [0.717, 1.165) is 18.1 Å². The number of thioether (sulfide) groups is 1. The third kappa shape index (κ3) is 2.84. The smallest absolute Gasteiger partial charge is 0.191 e. The van der Waals surface area contributed by atoms with Crippen molar-refractivity contribution < 1.29 is 0 Å². The lowest BCUT2D eigenvalue weighted by Crippen LogP contribution is -2.03. The summed E-state index contributed by atoms with van der Waals surface area (Å²) in [5.74, 6) is 1.17. The van der Waals surface area contributed by atoms with Crippen molar-refractivity contribution in [3.8, 4) is 0 Å². The van der Waals surface area contributed by atoms with Gasteiger partial charge >= 0.3 is 0 Å². The summed E-state index contributed by atoms with van der Waals surface area (Å²) >= 11 is 1.82. The van der Waals surface area contributed by atoms with Gasteiger partial charge in [-0.3, -0.25) is 0 Å². The van der Waals surface area contributed by atoms with Gasteiger partial charge in [0.05, 0.1) is 0 Å². The first-order valence-corrected chi connectivity index (χ1v) is 7.86. The second-order valence-electron chi connectivity index (χ2n) is 5.03. The summed E-state index contributed by atoms with van der Waals surface area (Å²) in [5.41, 5.74) is 1.35. The van der Waals surface area contributed by atoms with Crippen LogP contribution >= 0.6 is 11.8 Å². The van der Waals surface area contributed by atoms with Gasteiger partial charge < -0.3 is 4.57 Å². The largest absolute Gasteiger partial charge is 0.306 e. The monoisotopic (exact) mass is 273 g/mol. The highest BCUT2D eigenvalue weighted by Crippen LogP contribution is 2.34. The second-order valence-corrected chi connectivity index (χ2v) is 6.34.